The van der Waals surface area contributed by atoms with Crippen molar-refractivity contribution in [2.45, 2.75) is 33.3 Å². The van der Waals surface area contributed by atoms with Crippen molar-refractivity contribution in [1.82, 2.24) is 0 Å². The van der Waals surface area contributed by atoms with Crippen LogP contribution in [0.25, 0.3) is 6.08 Å². The number of aliphatic hydroxyl groups is 2. The van der Waals surface area contributed by atoms with E-state index in [1.165, 1.54) is 0 Å². The molecule has 138 valence electrons. The molecule has 2 N–H and O–H groups in total. The maximum atomic E-state index is 9.34. The molecule has 25 heavy (non-hydrogen) atoms. The molecular weight excluding hydrogens is 358 g/mol. The molecule has 0 aromatic heterocycles. The molecule has 0 amide bonds. The zero-order valence-electron chi connectivity index (χ0n) is 15.0. The molecule has 0 aliphatic rings. The minimum absolute atomic E-state index is 0.00857. The smallest absolute Gasteiger partial charge is 0.138 e. The van der Waals surface area contributed by atoms with E-state index in [4.69, 9.17) is 21.4 Å². The minimum Gasteiger partial charge on any atom is -0.489 e. The Bertz CT molecular complexity index is 644. The molecule has 0 unspecified atom stereocenters. The van der Waals surface area contributed by atoms with Gasteiger partial charge >= 0.3 is 0 Å². The predicted molar refractivity (Wildman–Crippen MR) is 109 cm³/mol. The lowest BCUT2D eigenvalue weighted by Crippen LogP contribution is -2.21. The summed E-state index contributed by atoms with van der Waals surface area (Å²) in [5.74, 6) is 0.469. The summed E-state index contributed by atoms with van der Waals surface area (Å²) in [6.45, 7) is 10.5. The first kappa shape index (κ1) is 21.8. The van der Waals surface area contributed by atoms with Gasteiger partial charge in [0.15, 0.2) is 0 Å². The standard InChI is InChI=1S/C19H26ClNO3S/c1-5-8-21-14(4)25-19(13(2)3)10-15-6-7-18(17(20)9-15)24-12-16(23)11-22/h6-7,9-10,16,22-23H,2,5,8,11-12H2,1,3-4H3/b19-10-,21-14-/t16-/m1/s1. The number of nitrogens with zero attached hydrogens (tertiary/aromatic N) is 1. The lowest BCUT2D eigenvalue weighted by molar-refractivity contribution is 0.0536. The largest absolute Gasteiger partial charge is 0.489 e. The fourth-order valence-electron chi connectivity index (χ4n) is 1.81. The summed E-state index contributed by atoms with van der Waals surface area (Å²) in [4.78, 5) is 5.52. The molecule has 0 aliphatic carbocycles. The molecule has 1 atom stereocenters. The highest BCUT2D eigenvalue weighted by atomic mass is 35.5. The van der Waals surface area contributed by atoms with Crippen molar-refractivity contribution in [3.63, 3.8) is 0 Å². The van der Waals surface area contributed by atoms with E-state index in [0.29, 0.717) is 10.8 Å². The average Bonchev–Trinajstić information content (AvgIpc) is 2.58. The maximum absolute atomic E-state index is 9.34. The van der Waals surface area contributed by atoms with Gasteiger partial charge in [-0.3, -0.25) is 4.99 Å². The number of rotatable bonds is 9. The fraction of sp³-hybridized carbons (Fsp3) is 0.421. The number of ether oxygens (including phenoxy) is 1. The van der Waals surface area contributed by atoms with Crippen LogP contribution in [0.2, 0.25) is 5.02 Å². The summed E-state index contributed by atoms with van der Waals surface area (Å²) in [6, 6.07) is 5.43. The van der Waals surface area contributed by atoms with Crippen molar-refractivity contribution < 1.29 is 14.9 Å². The lowest BCUT2D eigenvalue weighted by atomic mass is 10.1. The highest BCUT2D eigenvalue weighted by Gasteiger charge is 2.08. The molecule has 1 aromatic carbocycles. The summed E-state index contributed by atoms with van der Waals surface area (Å²) in [7, 11) is 0. The van der Waals surface area contributed by atoms with E-state index in [-0.39, 0.29) is 13.2 Å². The van der Waals surface area contributed by atoms with Crippen LogP contribution in [-0.4, -0.2) is 41.1 Å². The zero-order valence-corrected chi connectivity index (χ0v) is 16.5. The first-order valence-corrected chi connectivity index (χ1v) is 9.34. The van der Waals surface area contributed by atoms with Crippen LogP contribution >= 0.6 is 23.4 Å². The topological polar surface area (TPSA) is 62.0 Å². The second-order valence-electron chi connectivity index (χ2n) is 5.63. The van der Waals surface area contributed by atoms with Gasteiger partial charge in [0.1, 0.15) is 18.5 Å². The SMILES string of the molecule is C=C(C)/C(=C/c1ccc(OC[C@H](O)CO)c(Cl)c1)S/C(C)=N\CCC. The van der Waals surface area contributed by atoms with Crippen molar-refractivity contribution in [2.24, 2.45) is 4.99 Å². The van der Waals surface area contributed by atoms with Crippen molar-refractivity contribution in [3.8, 4) is 5.75 Å². The number of halogens is 1. The van der Waals surface area contributed by atoms with E-state index in [1.54, 1.807) is 23.9 Å². The van der Waals surface area contributed by atoms with E-state index >= 15 is 0 Å². The van der Waals surface area contributed by atoms with E-state index in [1.807, 2.05) is 26.0 Å². The second kappa shape index (κ2) is 11.4. The van der Waals surface area contributed by atoms with E-state index < -0.39 is 6.10 Å². The Kier molecular flexibility index (Phi) is 9.90. The van der Waals surface area contributed by atoms with Crippen LogP contribution in [-0.2, 0) is 0 Å². The predicted octanol–water partition coefficient (Wildman–Crippen LogP) is 4.55. The number of aliphatic hydroxyl groups excluding tert-OH is 2. The van der Waals surface area contributed by atoms with E-state index in [2.05, 4.69) is 18.5 Å². The highest BCUT2D eigenvalue weighted by Crippen LogP contribution is 2.30. The van der Waals surface area contributed by atoms with Crippen LogP contribution < -0.4 is 4.74 Å². The highest BCUT2D eigenvalue weighted by molar-refractivity contribution is 8.17. The molecule has 0 aliphatic heterocycles. The van der Waals surface area contributed by atoms with Crippen LogP contribution in [0.3, 0.4) is 0 Å². The number of hydrogen-bond donors (Lipinski definition) is 2. The van der Waals surface area contributed by atoms with Crippen LogP contribution in [0, 0.1) is 0 Å². The molecule has 0 spiro atoms. The van der Waals surface area contributed by atoms with Crippen molar-refractivity contribution >= 4 is 34.5 Å². The Balaban J connectivity index is 2.91. The van der Waals surface area contributed by atoms with Gasteiger partial charge in [0.25, 0.3) is 0 Å². The molecule has 0 fully saturated rings. The summed E-state index contributed by atoms with van der Waals surface area (Å²) >= 11 is 7.83. The molecule has 6 heteroatoms. The summed E-state index contributed by atoms with van der Waals surface area (Å²) in [5.41, 5.74) is 1.88. The quantitative estimate of drug-likeness (QED) is 0.373. The summed E-state index contributed by atoms with van der Waals surface area (Å²) in [5, 5.41) is 19.6. The molecule has 1 rings (SSSR count). The van der Waals surface area contributed by atoms with Crippen LogP contribution in [0.4, 0.5) is 0 Å². The first-order valence-electron chi connectivity index (χ1n) is 8.15. The van der Waals surface area contributed by atoms with Gasteiger partial charge in [-0.2, -0.15) is 0 Å². The molecule has 0 bridgehead atoms. The molecule has 4 nitrogen and oxygen atoms in total. The van der Waals surface area contributed by atoms with Gasteiger partial charge in [-0.05, 0) is 49.6 Å². The maximum Gasteiger partial charge on any atom is 0.138 e. The van der Waals surface area contributed by atoms with Gasteiger partial charge in [0.05, 0.1) is 16.7 Å². The fourth-order valence-corrected chi connectivity index (χ4v) is 2.90. The zero-order chi connectivity index (χ0) is 18.8. The third kappa shape index (κ3) is 8.10. The van der Waals surface area contributed by atoms with Gasteiger partial charge in [0.2, 0.25) is 0 Å². The Morgan fingerprint density at radius 2 is 2.16 bits per heavy atom. The van der Waals surface area contributed by atoms with Gasteiger partial charge < -0.3 is 14.9 Å². The molecule has 0 radical (unpaired) electrons. The van der Waals surface area contributed by atoms with Crippen LogP contribution in [0.5, 0.6) is 5.75 Å². The average molecular weight is 384 g/mol. The molecule has 1 aromatic rings. The molecular formula is C19H26ClNO3S. The number of hydrogen-bond acceptors (Lipinski definition) is 5. The first-order chi connectivity index (χ1) is 11.9. The van der Waals surface area contributed by atoms with Crippen molar-refractivity contribution in [3.05, 3.63) is 45.8 Å². The number of allylic oxidation sites excluding steroid dienone is 1. The summed E-state index contributed by atoms with van der Waals surface area (Å²) in [6.07, 6.45) is 2.11. The van der Waals surface area contributed by atoms with Crippen molar-refractivity contribution in [1.29, 1.82) is 0 Å². The van der Waals surface area contributed by atoms with Crippen LogP contribution in [0.15, 0.2) is 40.2 Å². The third-order valence-corrected chi connectivity index (χ3v) is 4.54. The summed E-state index contributed by atoms with van der Waals surface area (Å²) < 4.78 is 5.40. The molecule has 0 saturated heterocycles. The molecule has 0 saturated carbocycles. The molecule has 0 heterocycles. The Morgan fingerprint density at radius 3 is 2.72 bits per heavy atom. The Labute approximate surface area is 159 Å². The Morgan fingerprint density at radius 1 is 1.44 bits per heavy atom. The van der Waals surface area contributed by atoms with Gasteiger partial charge in [0, 0.05) is 11.4 Å². The number of benzene rings is 1. The Hall–Kier alpha value is -1.27. The van der Waals surface area contributed by atoms with E-state index in [9.17, 15) is 5.11 Å². The van der Waals surface area contributed by atoms with Crippen LogP contribution in [0.1, 0.15) is 32.8 Å². The lowest BCUT2D eigenvalue weighted by Gasteiger charge is -2.12. The minimum atomic E-state index is -0.924. The van der Waals surface area contributed by atoms with Gasteiger partial charge in [-0.1, -0.05) is 42.9 Å². The normalized spacial score (nSPS) is 13.7. The van der Waals surface area contributed by atoms with Crippen molar-refractivity contribution in [2.75, 3.05) is 19.8 Å². The monoisotopic (exact) mass is 383 g/mol. The third-order valence-electron chi connectivity index (χ3n) is 3.13. The second-order valence-corrected chi connectivity index (χ2v) is 7.27. The number of aliphatic imine (C=N–C) groups is 1. The number of thioether (sulfide) groups is 1. The van der Waals surface area contributed by atoms with Gasteiger partial charge in [-0.25, -0.2) is 0 Å². The van der Waals surface area contributed by atoms with Gasteiger partial charge in [-0.15, -0.1) is 0 Å². The van der Waals surface area contributed by atoms with E-state index in [0.717, 1.165) is 34.1 Å².